The number of hydrogen-bond acceptors (Lipinski definition) is 4. The quantitative estimate of drug-likeness (QED) is 0.392. The fourth-order valence-electron chi connectivity index (χ4n) is 3.15. The maximum Gasteiger partial charge on any atom is 0.341 e. The van der Waals surface area contributed by atoms with Crippen molar-refractivity contribution in [3.63, 3.8) is 0 Å². The highest BCUT2D eigenvalue weighted by atomic mass is 32.1. The Bertz CT molecular complexity index is 584. The number of carbonyl (C=O) groups excluding carboxylic acids is 1. The van der Waals surface area contributed by atoms with Crippen LogP contribution in [0.3, 0.4) is 0 Å². The van der Waals surface area contributed by atoms with Crippen molar-refractivity contribution in [1.29, 1.82) is 0 Å². The molecular formula is C19H30N2O2S2. The van der Waals surface area contributed by atoms with E-state index in [1.54, 1.807) is 11.3 Å². The molecule has 1 aromatic heterocycles. The van der Waals surface area contributed by atoms with E-state index in [1.807, 2.05) is 6.92 Å². The van der Waals surface area contributed by atoms with Gasteiger partial charge in [-0.2, -0.15) is 0 Å². The van der Waals surface area contributed by atoms with Crippen molar-refractivity contribution < 1.29 is 9.53 Å². The number of nitrogens with one attached hydrogen (secondary N) is 2. The maximum atomic E-state index is 12.6. The molecule has 0 fully saturated rings. The second-order valence-electron chi connectivity index (χ2n) is 6.43. The van der Waals surface area contributed by atoms with Crippen molar-refractivity contribution in [2.75, 3.05) is 18.5 Å². The van der Waals surface area contributed by atoms with Gasteiger partial charge in [-0.25, -0.2) is 4.79 Å². The molecule has 0 saturated heterocycles. The third-order valence-corrected chi connectivity index (χ3v) is 5.90. The second kappa shape index (κ2) is 10.8. The van der Waals surface area contributed by atoms with E-state index in [1.165, 1.54) is 42.5 Å². The van der Waals surface area contributed by atoms with Gasteiger partial charge in [0.25, 0.3) is 0 Å². The number of carbonyl (C=O) groups is 1. The lowest BCUT2D eigenvalue weighted by molar-refractivity contribution is 0.0526. The Morgan fingerprint density at radius 1 is 1.16 bits per heavy atom. The third-order valence-electron chi connectivity index (χ3n) is 4.44. The topological polar surface area (TPSA) is 50.4 Å². The summed E-state index contributed by atoms with van der Waals surface area (Å²) in [5.41, 5.74) is 1.89. The van der Waals surface area contributed by atoms with Gasteiger partial charge in [0.15, 0.2) is 5.11 Å². The lowest BCUT2D eigenvalue weighted by Gasteiger charge is -2.12. The molecule has 0 aromatic carbocycles. The van der Waals surface area contributed by atoms with E-state index in [2.05, 4.69) is 17.6 Å². The fraction of sp³-hybridized carbons (Fsp3) is 0.684. The first-order valence-electron chi connectivity index (χ1n) is 9.53. The fourth-order valence-corrected chi connectivity index (χ4v) is 4.70. The molecule has 2 rings (SSSR count). The highest BCUT2D eigenvalue weighted by molar-refractivity contribution is 7.80. The Hall–Kier alpha value is -1.14. The normalized spacial score (nSPS) is 14.2. The molecule has 0 atom stereocenters. The van der Waals surface area contributed by atoms with Crippen LogP contribution in [0.1, 0.15) is 79.6 Å². The van der Waals surface area contributed by atoms with E-state index >= 15 is 0 Å². The first-order chi connectivity index (χ1) is 12.2. The predicted molar refractivity (Wildman–Crippen MR) is 110 cm³/mol. The molecule has 1 aliphatic rings. The summed E-state index contributed by atoms with van der Waals surface area (Å²) in [6, 6.07) is 0. The van der Waals surface area contributed by atoms with Crippen molar-refractivity contribution >= 4 is 39.6 Å². The summed E-state index contributed by atoms with van der Waals surface area (Å²) < 4.78 is 5.32. The smallest absolute Gasteiger partial charge is 0.341 e. The number of fused-ring (bicyclic) bond motifs is 1. The van der Waals surface area contributed by atoms with Gasteiger partial charge in [0.2, 0.25) is 0 Å². The Morgan fingerprint density at radius 2 is 1.92 bits per heavy atom. The lowest BCUT2D eigenvalue weighted by Crippen LogP contribution is -2.29. The zero-order valence-corrected chi connectivity index (χ0v) is 17.0. The van der Waals surface area contributed by atoms with E-state index in [9.17, 15) is 4.79 Å². The van der Waals surface area contributed by atoms with Gasteiger partial charge in [-0.3, -0.25) is 0 Å². The molecule has 1 aromatic rings. The monoisotopic (exact) mass is 382 g/mol. The van der Waals surface area contributed by atoms with Crippen molar-refractivity contribution in [2.24, 2.45) is 0 Å². The van der Waals surface area contributed by atoms with Crippen LogP contribution in [0, 0.1) is 0 Å². The number of thiophene rings is 1. The molecule has 140 valence electrons. The minimum Gasteiger partial charge on any atom is -0.462 e. The van der Waals surface area contributed by atoms with Crippen LogP contribution in [-0.2, 0) is 17.6 Å². The number of ether oxygens (including phenoxy) is 1. The number of unbranched alkanes of at least 4 members (excludes halogenated alkanes) is 2. The van der Waals surface area contributed by atoms with Crippen molar-refractivity contribution in [3.8, 4) is 0 Å². The highest BCUT2D eigenvalue weighted by Gasteiger charge is 2.25. The van der Waals surface area contributed by atoms with Crippen molar-refractivity contribution in [1.82, 2.24) is 5.32 Å². The first-order valence-corrected chi connectivity index (χ1v) is 10.8. The van der Waals surface area contributed by atoms with E-state index < -0.39 is 0 Å². The van der Waals surface area contributed by atoms with Gasteiger partial charge >= 0.3 is 5.97 Å². The van der Waals surface area contributed by atoms with Crippen LogP contribution in [-0.4, -0.2) is 24.2 Å². The molecule has 1 aliphatic carbocycles. The van der Waals surface area contributed by atoms with Gasteiger partial charge in [0.05, 0.1) is 12.2 Å². The molecule has 0 unspecified atom stereocenters. The van der Waals surface area contributed by atoms with Crippen molar-refractivity contribution in [3.05, 3.63) is 16.0 Å². The zero-order chi connectivity index (χ0) is 18.1. The van der Waals surface area contributed by atoms with Crippen LogP contribution in [0.2, 0.25) is 0 Å². The Kier molecular flexibility index (Phi) is 8.68. The second-order valence-corrected chi connectivity index (χ2v) is 7.94. The Labute approximate surface area is 160 Å². The van der Waals surface area contributed by atoms with Crippen LogP contribution in [0.5, 0.6) is 0 Å². The predicted octanol–water partition coefficient (Wildman–Crippen LogP) is 5.06. The van der Waals surface area contributed by atoms with Crippen LogP contribution in [0.4, 0.5) is 5.00 Å². The van der Waals surface area contributed by atoms with Crippen molar-refractivity contribution in [2.45, 2.75) is 71.6 Å². The van der Waals surface area contributed by atoms with E-state index in [0.29, 0.717) is 17.3 Å². The molecule has 2 N–H and O–H groups in total. The maximum absolute atomic E-state index is 12.6. The minimum atomic E-state index is -0.225. The summed E-state index contributed by atoms with van der Waals surface area (Å²) in [6.45, 7) is 5.28. The van der Waals surface area contributed by atoms with Gasteiger partial charge in [-0.05, 0) is 56.8 Å². The largest absolute Gasteiger partial charge is 0.462 e. The van der Waals surface area contributed by atoms with Gasteiger partial charge in [-0.15, -0.1) is 11.3 Å². The van der Waals surface area contributed by atoms with Crippen LogP contribution in [0.25, 0.3) is 0 Å². The van der Waals surface area contributed by atoms with E-state index in [-0.39, 0.29) is 5.97 Å². The Balaban J connectivity index is 2.16. The highest BCUT2D eigenvalue weighted by Crippen LogP contribution is 2.37. The number of esters is 1. The van der Waals surface area contributed by atoms with E-state index in [4.69, 9.17) is 17.0 Å². The summed E-state index contributed by atoms with van der Waals surface area (Å²) in [6.07, 6.45) is 10.3. The van der Waals surface area contributed by atoms with Gasteiger partial charge in [0, 0.05) is 11.4 Å². The SMILES string of the molecule is CCCCCNC(=S)Nc1sc2c(c1C(=O)OCC)CCCCCC2. The third kappa shape index (κ3) is 5.96. The number of anilines is 1. The van der Waals surface area contributed by atoms with Crippen LogP contribution >= 0.6 is 23.6 Å². The number of aryl methyl sites for hydroxylation is 1. The van der Waals surface area contributed by atoms with E-state index in [0.717, 1.165) is 37.2 Å². The molecule has 1 heterocycles. The van der Waals surface area contributed by atoms with Gasteiger partial charge < -0.3 is 15.4 Å². The number of hydrogen-bond donors (Lipinski definition) is 2. The molecule has 0 spiro atoms. The van der Waals surface area contributed by atoms with Crippen LogP contribution < -0.4 is 10.6 Å². The summed E-state index contributed by atoms with van der Waals surface area (Å²) in [5.74, 6) is -0.225. The molecular weight excluding hydrogens is 352 g/mol. The molecule has 0 aliphatic heterocycles. The molecule has 25 heavy (non-hydrogen) atoms. The summed E-state index contributed by atoms with van der Waals surface area (Å²) >= 11 is 7.09. The molecule has 0 bridgehead atoms. The summed E-state index contributed by atoms with van der Waals surface area (Å²) in [4.78, 5) is 13.9. The Morgan fingerprint density at radius 3 is 2.64 bits per heavy atom. The lowest BCUT2D eigenvalue weighted by atomic mass is 9.96. The molecule has 0 amide bonds. The number of thiocarbonyl (C=S) groups is 1. The molecule has 0 radical (unpaired) electrons. The zero-order valence-electron chi connectivity index (χ0n) is 15.4. The van der Waals surface area contributed by atoms with Gasteiger partial charge in [-0.1, -0.05) is 32.6 Å². The molecule has 0 saturated carbocycles. The van der Waals surface area contributed by atoms with Crippen LogP contribution in [0.15, 0.2) is 0 Å². The summed E-state index contributed by atoms with van der Waals surface area (Å²) in [5, 5.41) is 7.95. The van der Waals surface area contributed by atoms with Gasteiger partial charge in [0.1, 0.15) is 5.00 Å². The number of rotatable bonds is 7. The first kappa shape index (κ1) is 20.2. The molecule has 6 heteroatoms. The average Bonchev–Trinajstić information content (AvgIpc) is 2.88. The minimum absolute atomic E-state index is 0.225. The standard InChI is InChI=1S/C19H30N2O2S2/c1-3-5-10-13-20-19(24)21-17-16(18(22)23-4-2)14-11-8-6-7-9-12-15(14)25-17/h3-13H2,1-2H3,(H2,20,21,24). The molecule has 4 nitrogen and oxygen atoms in total. The summed E-state index contributed by atoms with van der Waals surface area (Å²) in [7, 11) is 0. The average molecular weight is 383 g/mol.